The monoisotopic (exact) mass is 323 g/mol. The molecule has 1 saturated carbocycles. The molecule has 0 radical (unpaired) electrons. The minimum absolute atomic E-state index is 0.0548. The van der Waals surface area contributed by atoms with Crippen LogP contribution in [0.3, 0.4) is 0 Å². The number of nitrogens with zero attached hydrogens (tertiary/aromatic N) is 3. The van der Waals surface area contributed by atoms with Gasteiger partial charge in [0.1, 0.15) is 0 Å². The van der Waals surface area contributed by atoms with Gasteiger partial charge in [-0.2, -0.15) is 0 Å². The van der Waals surface area contributed by atoms with Crippen LogP contribution >= 0.6 is 0 Å². The van der Waals surface area contributed by atoms with Crippen molar-refractivity contribution in [1.82, 2.24) is 5.01 Å². The van der Waals surface area contributed by atoms with Crippen molar-refractivity contribution in [3.8, 4) is 0 Å². The van der Waals surface area contributed by atoms with Gasteiger partial charge in [-0.05, 0) is 42.0 Å². The third kappa shape index (κ3) is 4.90. The normalized spacial score (nSPS) is 15.2. The summed E-state index contributed by atoms with van der Waals surface area (Å²) in [6.07, 6.45) is 5.27. The topological polar surface area (TPSA) is 48.2 Å². The van der Waals surface area contributed by atoms with Crippen molar-refractivity contribution >= 4 is 5.69 Å². The summed E-state index contributed by atoms with van der Waals surface area (Å²) in [5, 5.41) is 20.1. The Morgan fingerprint density at radius 2 is 1.62 bits per heavy atom. The second-order valence-corrected chi connectivity index (χ2v) is 6.50. The second kappa shape index (κ2) is 8.60. The van der Waals surface area contributed by atoms with E-state index in [2.05, 4.69) is 39.6 Å². The summed E-state index contributed by atoms with van der Waals surface area (Å²) in [5.74, 6) is 0.726. The van der Waals surface area contributed by atoms with Crippen LogP contribution in [0, 0.1) is 5.92 Å². The maximum Gasteiger partial charge on any atom is 0.0874 e. The van der Waals surface area contributed by atoms with Crippen LogP contribution in [0.2, 0.25) is 0 Å². The molecule has 0 heterocycles. The van der Waals surface area contributed by atoms with Crippen molar-refractivity contribution in [3.63, 3.8) is 0 Å². The standard InChI is InChI=1S/C20H25N3O/c24-16-19-10-12-20(13-11-19)21-22-23(15-18-8-4-5-9-18)14-17-6-2-1-3-7-17/h1-3,6-7,10-13,18,24H,4-5,8-9,14-16H2. The first-order chi connectivity index (χ1) is 11.8. The summed E-state index contributed by atoms with van der Waals surface area (Å²) in [4.78, 5) is 0. The summed E-state index contributed by atoms with van der Waals surface area (Å²) in [6, 6.07) is 18.0. The van der Waals surface area contributed by atoms with Crippen molar-refractivity contribution in [2.24, 2.45) is 16.3 Å². The predicted octanol–water partition coefficient (Wildman–Crippen LogP) is 4.87. The molecule has 0 aliphatic heterocycles. The summed E-state index contributed by atoms with van der Waals surface area (Å²) in [5.41, 5.74) is 2.96. The smallest absolute Gasteiger partial charge is 0.0874 e. The van der Waals surface area contributed by atoms with Gasteiger partial charge in [0.05, 0.1) is 18.8 Å². The lowest BCUT2D eigenvalue weighted by Gasteiger charge is -2.21. The Kier molecular flexibility index (Phi) is 5.96. The molecule has 0 unspecified atom stereocenters. The third-order valence-electron chi connectivity index (χ3n) is 4.56. The Morgan fingerprint density at radius 3 is 2.29 bits per heavy atom. The molecule has 0 bridgehead atoms. The Bertz CT molecular complexity index is 634. The molecule has 4 heteroatoms. The molecule has 0 aromatic heterocycles. The number of hydrogen-bond acceptors (Lipinski definition) is 3. The highest BCUT2D eigenvalue weighted by Gasteiger charge is 2.18. The molecule has 2 aromatic rings. The highest BCUT2D eigenvalue weighted by atomic mass is 16.3. The molecule has 1 N–H and O–H groups in total. The van der Waals surface area contributed by atoms with Crippen molar-refractivity contribution in [2.45, 2.75) is 38.8 Å². The van der Waals surface area contributed by atoms with Crippen molar-refractivity contribution in [3.05, 3.63) is 65.7 Å². The van der Waals surface area contributed by atoms with E-state index in [1.165, 1.54) is 31.2 Å². The zero-order valence-corrected chi connectivity index (χ0v) is 14.0. The van der Waals surface area contributed by atoms with Crippen LogP contribution in [-0.2, 0) is 13.2 Å². The lowest BCUT2D eigenvalue weighted by molar-refractivity contribution is 0.219. The molecule has 1 aliphatic rings. The van der Waals surface area contributed by atoms with Gasteiger partial charge in [-0.3, -0.25) is 5.01 Å². The average molecular weight is 323 g/mol. The Balaban J connectivity index is 1.68. The van der Waals surface area contributed by atoms with Gasteiger partial charge in [0.2, 0.25) is 0 Å². The molecule has 4 nitrogen and oxygen atoms in total. The van der Waals surface area contributed by atoms with E-state index in [1.807, 2.05) is 30.3 Å². The first-order valence-electron chi connectivity index (χ1n) is 8.74. The van der Waals surface area contributed by atoms with E-state index in [0.29, 0.717) is 0 Å². The van der Waals surface area contributed by atoms with Gasteiger partial charge in [0, 0.05) is 6.54 Å². The lowest BCUT2D eigenvalue weighted by Crippen LogP contribution is -2.23. The summed E-state index contributed by atoms with van der Waals surface area (Å²) >= 11 is 0. The van der Waals surface area contributed by atoms with Gasteiger partial charge in [0.15, 0.2) is 0 Å². The molecule has 2 aromatic carbocycles. The maximum absolute atomic E-state index is 9.11. The molecule has 3 rings (SSSR count). The lowest BCUT2D eigenvalue weighted by atomic mass is 10.1. The minimum Gasteiger partial charge on any atom is -0.392 e. The van der Waals surface area contributed by atoms with Crippen LogP contribution in [0.5, 0.6) is 0 Å². The zero-order valence-electron chi connectivity index (χ0n) is 14.0. The van der Waals surface area contributed by atoms with Crippen LogP contribution in [-0.4, -0.2) is 16.7 Å². The number of rotatable bonds is 7. The van der Waals surface area contributed by atoms with E-state index in [1.54, 1.807) is 0 Å². The molecule has 1 fully saturated rings. The van der Waals surface area contributed by atoms with E-state index in [-0.39, 0.29) is 6.61 Å². The van der Waals surface area contributed by atoms with Crippen LogP contribution < -0.4 is 0 Å². The second-order valence-electron chi connectivity index (χ2n) is 6.50. The first-order valence-corrected chi connectivity index (χ1v) is 8.74. The Morgan fingerprint density at radius 1 is 0.917 bits per heavy atom. The summed E-state index contributed by atoms with van der Waals surface area (Å²) in [6.45, 7) is 1.81. The molecule has 126 valence electrons. The maximum atomic E-state index is 9.11. The van der Waals surface area contributed by atoms with Gasteiger partial charge in [-0.15, -0.1) is 5.11 Å². The third-order valence-corrected chi connectivity index (χ3v) is 4.56. The highest BCUT2D eigenvalue weighted by Crippen LogP contribution is 2.26. The highest BCUT2D eigenvalue weighted by molar-refractivity contribution is 5.37. The molecular weight excluding hydrogens is 298 g/mol. The molecule has 0 amide bonds. The minimum atomic E-state index is 0.0548. The van der Waals surface area contributed by atoms with Crippen LogP contribution in [0.4, 0.5) is 5.69 Å². The van der Waals surface area contributed by atoms with E-state index in [9.17, 15) is 0 Å². The van der Waals surface area contributed by atoms with Gasteiger partial charge in [-0.25, -0.2) is 0 Å². The van der Waals surface area contributed by atoms with Crippen LogP contribution in [0.1, 0.15) is 36.8 Å². The average Bonchev–Trinajstić information content (AvgIpc) is 3.14. The van der Waals surface area contributed by atoms with Crippen LogP contribution in [0.15, 0.2) is 64.9 Å². The Labute approximate surface area is 143 Å². The SMILES string of the molecule is OCc1ccc(N=NN(Cc2ccccc2)CC2CCCC2)cc1. The zero-order chi connectivity index (χ0) is 16.6. The summed E-state index contributed by atoms with van der Waals surface area (Å²) < 4.78 is 0. The van der Waals surface area contributed by atoms with Crippen LogP contribution in [0.25, 0.3) is 0 Å². The number of hydrogen-bond donors (Lipinski definition) is 1. The van der Waals surface area contributed by atoms with Crippen molar-refractivity contribution in [1.29, 1.82) is 0 Å². The van der Waals surface area contributed by atoms with Crippen molar-refractivity contribution < 1.29 is 5.11 Å². The first kappa shape index (κ1) is 16.7. The molecule has 0 spiro atoms. The largest absolute Gasteiger partial charge is 0.392 e. The van der Waals surface area contributed by atoms with Crippen molar-refractivity contribution in [2.75, 3.05) is 6.54 Å². The molecular formula is C20H25N3O. The van der Waals surface area contributed by atoms with Gasteiger partial charge in [0.25, 0.3) is 0 Å². The number of aliphatic hydroxyl groups is 1. The number of aliphatic hydroxyl groups excluding tert-OH is 1. The van der Waals surface area contributed by atoms with E-state index < -0.39 is 0 Å². The fraction of sp³-hybridized carbons (Fsp3) is 0.400. The summed E-state index contributed by atoms with van der Waals surface area (Å²) in [7, 11) is 0. The van der Waals surface area contributed by atoms with E-state index >= 15 is 0 Å². The Hall–Kier alpha value is -2.20. The van der Waals surface area contributed by atoms with Gasteiger partial charge < -0.3 is 5.11 Å². The molecule has 24 heavy (non-hydrogen) atoms. The van der Waals surface area contributed by atoms with E-state index in [0.717, 1.165) is 30.3 Å². The van der Waals surface area contributed by atoms with E-state index in [4.69, 9.17) is 5.11 Å². The molecule has 0 atom stereocenters. The quantitative estimate of drug-likeness (QED) is 0.583. The predicted molar refractivity (Wildman–Crippen MR) is 95.7 cm³/mol. The molecule has 0 saturated heterocycles. The molecule has 1 aliphatic carbocycles. The fourth-order valence-corrected chi connectivity index (χ4v) is 3.20. The number of benzene rings is 2. The fourth-order valence-electron chi connectivity index (χ4n) is 3.20. The van der Waals surface area contributed by atoms with Gasteiger partial charge >= 0.3 is 0 Å². The van der Waals surface area contributed by atoms with Gasteiger partial charge in [-0.1, -0.05) is 60.5 Å².